The Hall–Kier alpha value is -2.82. The summed E-state index contributed by atoms with van der Waals surface area (Å²) in [6.07, 6.45) is 0.809. The molecule has 1 aliphatic carbocycles. The molecule has 0 aromatic heterocycles. The number of nitrogens with two attached hydrogens (primary N) is 1. The molecule has 0 aliphatic heterocycles. The van der Waals surface area contributed by atoms with Crippen LogP contribution in [0.15, 0.2) is 72.8 Å². The summed E-state index contributed by atoms with van der Waals surface area (Å²) in [5, 5.41) is 10.5. The van der Waals surface area contributed by atoms with E-state index in [1.54, 1.807) is 0 Å². The topological polar surface area (TPSA) is 64.7 Å². The zero-order valence-electron chi connectivity index (χ0n) is 15.8. The van der Waals surface area contributed by atoms with E-state index in [-0.39, 0.29) is 6.04 Å². The fourth-order valence-electron chi connectivity index (χ4n) is 3.59. The Morgan fingerprint density at radius 2 is 1.43 bits per heavy atom. The summed E-state index contributed by atoms with van der Waals surface area (Å²) in [7, 11) is 0. The van der Waals surface area contributed by atoms with E-state index in [1.165, 1.54) is 0 Å². The van der Waals surface area contributed by atoms with Gasteiger partial charge in [0.25, 0.3) is 0 Å². The lowest BCUT2D eigenvalue weighted by molar-refractivity contribution is 0.132. The maximum atomic E-state index is 10.5. The minimum Gasteiger partial charge on any atom is -0.485 e. The van der Waals surface area contributed by atoms with E-state index < -0.39 is 6.10 Å². The number of ether oxygens (including phenoxy) is 2. The van der Waals surface area contributed by atoms with Gasteiger partial charge in [0, 0.05) is 11.6 Å². The molecule has 144 valence electrons. The van der Waals surface area contributed by atoms with Crippen LogP contribution in [0.1, 0.15) is 34.8 Å². The van der Waals surface area contributed by atoms with Crippen LogP contribution >= 0.6 is 0 Å². The fourth-order valence-corrected chi connectivity index (χ4v) is 3.59. The molecule has 0 amide bonds. The molecule has 0 unspecified atom stereocenters. The van der Waals surface area contributed by atoms with Crippen molar-refractivity contribution in [1.82, 2.24) is 0 Å². The molecule has 2 atom stereocenters. The van der Waals surface area contributed by atoms with Gasteiger partial charge < -0.3 is 20.3 Å². The van der Waals surface area contributed by atoms with Gasteiger partial charge in [-0.3, -0.25) is 0 Å². The SMILES string of the molecule is N[C@H]1CCc2c(ccc(OCc3ccccc3)c2OCc2ccccc2)[C@@H]1O. The number of hydrogen-bond donors (Lipinski definition) is 2. The highest BCUT2D eigenvalue weighted by Crippen LogP contribution is 2.41. The first-order valence-corrected chi connectivity index (χ1v) is 9.65. The zero-order valence-corrected chi connectivity index (χ0v) is 15.8. The van der Waals surface area contributed by atoms with Gasteiger partial charge in [-0.2, -0.15) is 0 Å². The molecule has 3 aromatic rings. The molecule has 0 saturated carbocycles. The van der Waals surface area contributed by atoms with E-state index in [4.69, 9.17) is 15.2 Å². The summed E-state index contributed by atoms with van der Waals surface area (Å²) in [5.74, 6) is 1.41. The molecule has 0 heterocycles. The molecular formula is C24H25NO3. The third kappa shape index (κ3) is 4.03. The number of hydrogen-bond acceptors (Lipinski definition) is 4. The van der Waals surface area contributed by atoms with Crippen molar-refractivity contribution < 1.29 is 14.6 Å². The van der Waals surface area contributed by atoms with Gasteiger partial charge in [0.1, 0.15) is 13.2 Å². The standard InChI is InChI=1S/C24H25NO3/c25-21-13-11-20-19(23(21)26)12-14-22(27-15-17-7-3-1-4-8-17)24(20)28-16-18-9-5-2-6-10-18/h1-10,12,14,21,23,26H,11,13,15-16,25H2/t21-,23-/m0/s1. The van der Waals surface area contributed by atoms with Gasteiger partial charge >= 0.3 is 0 Å². The average molecular weight is 375 g/mol. The van der Waals surface area contributed by atoms with Gasteiger partial charge in [0.2, 0.25) is 0 Å². The second-order valence-corrected chi connectivity index (χ2v) is 7.16. The van der Waals surface area contributed by atoms with Crippen molar-refractivity contribution in [2.45, 2.75) is 38.2 Å². The summed E-state index contributed by atoms with van der Waals surface area (Å²) >= 11 is 0. The van der Waals surface area contributed by atoms with Crippen LogP contribution in [0.25, 0.3) is 0 Å². The van der Waals surface area contributed by atoms with Gasteiger partial charge in [-0.25, -0.2) is 0 Å². The first-order valence-electron chi connectivity index (χ1n) is 9.65. The van der Waals surface area contributed by atoms with Crippen LogP contribution in [-0.2, 0) is 19.6 Å². The maximum Gasteiger partial charge on any atom is 0.165 e. The minimum atomic E-state index is -0.675. The highest BCUT2D eigenvalue weighted by Gasteiger charge is 2.29. The summed E-state index contributed by atoms with van der Waals surface area (Å²) in [5.41, 5.74) is 10.1. The predicted molar refractivity (Wildman–Crippen MR) is 109 cm³/mol. The van der Waals surface area contributed by atoms with E-state index >= 15 is 0 Å². The summed E-state index contributed by atoms with van der Waals surface area (Å²) < 4.78 is 12.3. The number of rotatable bonds is 6. The molecule has 1 aliphatic rings. The second-order valence-electron chi connectivity index (χ2n) is 7.16. The Kier molecular flexibility index (Phi) is 5.60. The van der Waals surface area contributed by atoms with Crippen molar-refractivity contribution in [1.29, 1.82) is 0 Å². The first-order chi connectivity index (χ1) is 13.7. The molecule has 3 aromatic carbocycles. The molecule has 0 spiro atoms. The van der Waals surface area contributed by atoms with Crippen molar-refractivity contribution in [2.24, 2.45) is 5.73 Å². The van der Waals surface area contributed by atoms with Crippen molar-refractivity contribution in [3.8, 4) is 11.5 Å². The number of aliphatic hydroxyl groups excluding tert-OH is 1. The number of benzene rings is 3. The largest absolute Gasteiger partial charge is 0.485 e. The molecular weight excluding hydrogens is 350 g/mol. The monoisotopic (exact) mass is 375 g/mol. The lowest BCUT2D eigenvalue weighted by Crippen LogP contribution is -2.33. The van der Waals surface area contributed by atoms with Crippen LogP contribution in [0.2, 0.25) is 0 Å². The van der Waals surface area contributed by atoms with Crippen LogP contribution in [-0.4, -0.2) is 11.1 Å². The lowest BCUT2D eigenvalue weighted by Gasteiger charge is -2.29. The van der Waals surface area contributed by atoms with Gasteiger partial charge in [0.15, 0.2) is 11.5 Å². The second kappa shape index (κ2) is 8.46. The average Bonchev–Trinajstić information content (AvgIpc) is 2.75. The molecule has 0 bridgehead atoms. The molecule has 28 heavy (non-hydrogen) atoms. The third-order valence-corrected chi connectivity index (χ3v) is 5.18. The van der Waals surface area contributed by atoms with Crippen LogP contribution in [0.5, 0.6) is 11.5 Å². The van der Waals surface area contributed by atoms with Crippen molar-refractivity contribution in [3.05, 3.63) is 95.1 Å². The summed E-state index contributed by atoms with van der Waals surface area (Å²) in [4.78, 5) is 0. The molecule has 0 radical (unpaired) electrons. The Labute approximate surface area is 165 Å². The lowest BCUT2D eigenvalue weighted by atomic mass is 9.85. The molecule has 0 fully saturated rings. The molecule has 4 rings (SSSR count). The third-order valence-electron chi connectivity index (χ3n) is 5.18. The van der Waals surface area contributed by atoms with E-state index in [2.05, 4.69) is 0 Å². The Morgan fingerprint density at radius 3 is 2.07 bits per heavy atom. The van der Waals surface area contributed by atoms with Crippen molar-refractivity contribution in [3.63, 3.8) is 0 Å². The molecule has 4 nitrogen and oxygen atoms in total. The Bertz CT molecular complexity index is 912. The number of fused-ring (bicyclic) bond motifs is 1. The highest BCUT2D eigenvalue weighted by atomic mass is 16.5. The van der Waals surface area contributed by atoms with Crippen LogP contribution in [0.3, 0.4) is 0 Å². The van der Waals surface area contributed by atoms with Crippen molar-refractivity contribution in [2.75, 3.05) is 0 Å². The van der Waals surface area contributed by atoms with Crippen LogP contribution in [0.4, 0.5) is 0 Å². The Morgan fingerprint density at radius 1 is 0.821 bits per heavy atom. The molecule has 0 saturated heterocycles. The van der Waals surface area contributed by atoms with E-state index in [0.29, 0.717) is 24.7 Å². The fraction of sp³-hybridized carbons (Fsp3) is 0.250. The van der Waals surface area contributed by atoms with Gasteiger partial charge in [-0.05, 0) is 35.6 Å². The molecule has 3 N–H and O–H groups in total. The summed E-state index contributed by atoms with van der Waals surface area (Å²) in [6.45, 7) is 0.907. The zero-order chi connectivity index (χ0) is 19.3. The predicted octanol–water partition coefficient (Wildman–Crippen LogP) is 4.15. The maximum absolute atomic E-state index is 10.5. The van der Waals surface area contributed by atoms with Gasteiger partial charge in [-0.15, -0.1) is 0 Å². The van der Waals surface area contributed by atoms with E-state index in [9.17, 15) is 5.11 Å². The van der Waals surface area contributed by atoms with Crippen LogP contribution in [0, 0.1) is 0 Å². The smallest absolute Gasteiger partial charge is 0.165 e. The van der Waals surface area contributed by atoms with Gasteiger partial charge in [-0.1, -0.05) is 66.7 Å². The number of aliphatic hydroxyl groups is 1. The first kappa shape index (κ1) is 18.5. The van der Waals surface area contributed by atoms with Gasteiger partial charge in [0.05, 0.1) is 6.10 Å². The highest BCUT2D eigenvalue weighted by molar-refractivity contribution is 5.53. The normalized spacial score (nSPS) is 18.4. The van der Waals surface area contributed by atoms with E-state index in [1.807, 2.05) is 72.8 Å². The Balaban J connectivity index is 1.62. The molecule has 4 heteroatoms. The van der Waals surface area contributed by atoms with Crippen LogP contribution < -0.4 is 15.2 Å². The quantitative estimate of drug-likeness (QED) is 0.679. The van der Waals surface area contributed by atoms with Crippen molar-refractivity contribution >= 4 is 0 Å². The van der Waals surface area contributed by atoms with E-state index in [0.717, 1.165) is 35.1 Å². The minimum absolute atomic E-state index is 0.245. The summed E-state index contributed by atoms with van der Waals surface area (Å²) in [6, 6.07) is 23.6.